The number of carbonyl (C=O) groups is 1. The molecule has 1 fully saturated rings. The molecule has 7 nitrogen and oxygen atoms in total. The van der Waals surface area contributed by atoms with Crippen LogP contribution >= 0.6 is 0 Å². The molecule has 3 heterocycles. The fraction of sp³-hybridized carbons (Fsp3) is 0.438. The van der Waals surface area contributed by atoms with Crippen LogP contribution in [0.5, 0.6) is 0 Å². The smallest absolute Gasteiger partial charge is 0.315 e. The molecule has 0 spiro atoms. The van der Waals surface area contributed by atoms with Crippen molar-refractivity contribution in [3.05, 3.63) is 36.4 Å². The molecule has 2 N–H and O–H groups in total. The second-order valence-corrected chi connectivity index (χ2v) is 5.70. The van der Waals surface area contributed by atoms with Crippen LogP contribution in [0.2, 0.25) is 0 Å². The number of amides is 2. The predicted octanol–water partition coefficient (Wildman–Crippen LogP) is 1.46. The maximum absolute atomic E-state index is 11.9. The van der Waals surface area contributed by atoms with E-state index in [1.165, 1.54) is 0 Å². The van der Waals surface area contributed by atoms with Gasteiger partial charge in [0.15, 0.2) is 0 Å². The van der Waals surface area contributed by atoms with Gasteiger partial charge in [0.1, 0.15) is 0 Å². The molecule has 0 unspecified atom stereocenters. The number of carbonyl (C=O) groups excluding carboxylic acids is 1. The first-order valence-corrected chi connectivity index (χ1v) is 7.76. The third-order valence-corrected chi connectivity index (χ3v) is 3.84. The van der Waals surface area contributed by atoms with E-state index >= 15 is 0 Å². The second kappa shape index (κ2) is 7.23. The number of ether oxygens (including phenoxy) is 1. The summed E-state index contributed by atoms with van der Waals surface area (Å²) in [5, 5.41) is 10.0. The summed E-state index contributed by atoms with van der Waals surface area (Å²) in [6.07, 6.45) is 9.02. The van der Waals surface area contributed by atoms with Gasteiger partial charge in [0.2, 0.25) is 0 Å². The number of nitrogens with one attached hydrogen (secondary N) is 2. The molecule has 0 radical (unpaired) electrons. The molecule has 2 amide bonds. The van der Waals surface area contributed by atoms with Crippen LogP contribution in [0.15, 0.2) is 30.9 Å². The van der Waals surface area contributed by atoms with E-state index in [2.05, 4.69) is 20.7 Å². The first-order valence-electron chi connectivity index (χ1n) is 7.76. The third kappa shape index (κ3) is 4.29. The zero-order valence-corrected chi connectivity index (χ0v) is 13.2. The molecule has 1 saturated heterocycles. The molecule has 122 valence electrons. The number of hydrogen-bond acceptors (Lipinski definition) is 4. The fourth-order valence-electron chi connectivity index (χ4n) is 2.57. The van der Waals surface area contributed by atoms with Crippen molar-refractivity contribution in [1.82, 2.24) is 25.4 Å². The maximum atomic E-state index is 11.9. The highest BCUT2D eigenvalue weighted by atomic mass is 16.5. The summed E-state index contributed by atoms with van der Waals surface area (Å²) >= 11 is 0. The topological polar surface area (TPSA) is 81.1 Å². The van der Waals surface area contributed by atoms with E-state index in [4.69, 9.17) is 4.74 Å². The van der Waals surface area contributed by atoms with E-state index in [0.29, 0.717) is 19.8 Å². The minimum atomic E-state index is -0.149. The Kier molecular flexibility index (Phi) is 4.87. The fourth-order valence-corrected chi connectivity index (χ4v) is 2.57. The molecule has 0 atom stereocenters. The highest BCUT2D eigenvalue weighted by Gasteiger charge is 2.15. The SMILES string of the molecule is Cn1cc(-c2cncc(CNC(=O)NC3CCOCC3)c2)cn1. The third-order valence-electron chi connectivity index (χ3n) is 3.84. The Bertz CT molecular complexity index is 664. The Morgan fingerprint density at radius 2 is 2.13 bits per heavy atom. The molecule has 2 aromatic heterocycles. The number of nitrogens with zero attached hydrogens (tertiary/aromatic N) is 3. The summed E-state index contributed by atoms with van der Waals surface area (Å²) in [4.78, 5) is 16.2. The van der Waals surface area contributed by atoms with E-state index < -0.39 is 0 Å². The van der Waals surface area contributed by atoms with Gasteiger partial charge in [-0.25, -0.2) is 4.79 Å². The van der Waals surface area contributed by atoms with Crippen LogP contribution < -0.4 is 10.6 Å². The molecular formula is C16H21N5O2. The normalized spacial score (nSPS) is 15.3. The minimum Gasteiger partial charge on any atom is -0.381 e. The van der Waals surface area contributed by atoms with E-state index in [9.17, 15) is 4.79 Å². The van der Waals surface area contributed by atoms with Crippen molar-refractivity contribution in [1.29, 1.82) is 0 Å². The first-order chi connectivity index (χ1) is 11.2. The number of urea groups is 1. The number of pyridine rings is 1. The largest absolute Gasteiger partial charge is 0.381 e. The van der Waals surface area contributed by atoms with E-state index in [1.54, 1.807) is 23.3 Å². The van der Waals surface area contributed by atoms with E-state index in [1.807, 2.05) is 19.3 Å². The lowest BCUT2D eigenvalue weighted by Gasteiger charge is -2.23. The van der Waals surface area contributed by atoms with Gasteiger partial charge in [-0.2, -0.15) is 5.10 Å². The summed E-state index contributed by atoms with van der Waals surface area (Å²) in [5.41, 5.74) is 2.95. The van der Waals surface area contributed by atoms with Crippen molar-refractivity contribution in [2.45, 2.75) is 25.4 Å². The predicted molar refractivity (Wildman–Crippen MR) is 85.7 cm³/mol. The number of hydrogen-bond donors (Lipinski definition) is 2. The van der Waals surface area contributed by atoms with Crippen LogP contribution in [0.1, 0.15) is 18.4 Å². The van der Waals surface area contributed by atoms with Gasteiger partial charge < -0.3 is 15.4 Å². The van der Waals surface area contributed by atoms with Crippen LogP contribution in [-0.4, -0.2) is 40.1 Å². The molecule has 0 aromatic carbocycles. The van der Waals surface area contributed by atoms with Gasteiger partial charge in [0, 0.05) is 62.6 Å². The molecule has 0 saturated carbocycles. The van der Waals surface area contributed by atoms with Crippen LogP contribution in [0.25, 0.3) is 11.1 Å². The Balaban J connectivity index is 1.54. The molecular weight excluding hydrogens is 294 g/mol. The molecule has 7 heteroatoms. The molecule has 1 aliphatic rings. The van der Waals surface area contributed by atoms with Gasteiger partial charge in [-0.15, -0.1) is 0 Å². The molecule has 23 heavy (non-hydrogen) atoms. The maximum Gasteiger partial charge on any atom is 0.315 e. The van der Waals surface area contributed by atoms with Crippen LogP contribution in [-0.2, 0) is 18.3 Å². The molecule has 2 aromatic rings. The van der Waals surface area contributed by atoms with Crippen LogP contribution in [0.3, 0.4) is 0 Å². The summed E-state index contributed by atoms with van der Waals surface area (Å²) in [6.45, 7) is 1.86. The number of rotatable bonds is 4. The standard InChI is InChI=1S/C16H21N5O2/c1-21-11-14(10-19-21)13-6-12(7-17-9-13)8-18-16(22)20-15-2-4-23-5-3-15/h6-7,9-11,15H,2-5,8H2,1H3,(H2,18,20,22). The van der Waals surface area contributed by atoms with Crippen molar-refractivity contribution < 1.29 is 9.53 Å². The first kappa shape index (κ1) is 15.5. The summed E-state index contributed by atoms with van der Waals surface area (Å²) < 4.78 is 7.03. The van der Waals surface area contributed by atoms with Gasteiger partial charge in [0.25, 0.3) is 0 Å². The lowest BCUT2D eigenvalue weighted by molar-refractivity contribution is 0.0801. The summed E-state index contributed by atoms with van der Waals surface area (Å²) in [5.74, 6) is 0. The lowest BCUT2D eigenvalue weighted by Crippen LogP contribution is -2.44. The van der Waals surface area contributed by atoms with Crippen molar-refractivity contribution in [2.24, 2.45) is 7.05 Å². The minimum absolute atomic E-state index is 0.149. The Labute approximate surface area is 135 Å². The Hall–Kier alpha value is -2.41. The number of aryl methyl sites for hydroxylation is 1. The van der Waals surface area contributed by atoms with E-state index in [-0.39, 0.29) is 12.1 Å². The van der Waals surface area contributed by atoms with Gasteiger partial charge >= 0.3 is 6.03 Å². The van der Waals surface area contributed by atoms with Gasteiger partial charge in [0.05, 0.1) is 6.20 Å². The van der Waals surface area contributed by atoms with Gasteiger partial charge in [-0.3, -0.25) is 9.67 Å². The van der Waals surface area contributed by atoms with Crippen molar-refractivity contribution in [3.63, 3.8) is 0 Å². The van der Waals surface area contributed by atoms with Gasteiger partial charge in [-0.1, -0.05) is 0 Å². The quantitative estimate of drug-likeness (QED) is 0.895. The van der Waals surface area contributed by atoms with Crippen molar-refractivity contribution in [3.8, 4) is 11.1 Å². The van der Waals surface area contributed by atoms with Crippen LogP contribution in [0, 0.1) is 0 Å². The Morgan fingerprint density at radius 1 is 1.30 bits per heavy atom. The summed E-state index contributed by atoms with van der Waals surface area (Å²) in [6, 6.07) is 2.06. The average molecular weight is 315 g/mol. The van der Waals surface area contributed by atoms with Crippen molar-refractivity contribution in [2.75, 3.05) is 13.2 Å². The Morgan fingerprint density at radius 3 is 2.87 bits per heavy atom. The highest BCUT2D eigenvalue weighted by molar-refractivity contribution is 5.74. The van der Waals surface area contributed by atoms with Crippen LogP contribution in [0.4, 0.5) is 4.79 Å². The zero-order chi connectivity index (χ0) is 16.1. The molecule has 3 rings (SSSR count). The zero-order valence-electron chi connectivity index (χ0n) is 13.2. The van der Waals surface area contributed by atoms with E-state index in [0.717, 1.165) is 29.5 Å². The highest BCUT2D eigenvalue weighted by Crippen LogP contribution is 2.18. The van der Waals surface area contributed by atoms with Crippen molar-refractivity contribution >= 4 is 6.03 Å². The molecule has 0 aliphatic carbocycles. The molecule has 1 aliphatic heterocycles. The van der Waals surface area contributed by atoms with Gasteiger partial charge in [-0.05, 0) is 24.5 Å². The lowest BCUT2D eigenvalue weighted by atomic mass is 10.1. The number of aromatic nitrogens is 3. The summed E-state index contributed by atoms with van der Waals surface area (Å²) in [7, 11) is 1.88. The second-order valence-electron chi connectivity index (χ2n) is 5.70. The average Bonchev–Trinajstić information content (AvgIpc) is 3.01. The monoisotopic (exact) mass is 315 g/mol. The molecule has 0 bridgehead atoms.